The Balaban J connectivity index is 1.50. The summed E-state index contributed by atoms with van der Waals surface area (Å²) in [6, 6.07) is 12.4. The second kappa shape index (κ2) is 8.41. The zero-order chi connectivity index (χ0) is 19.2. The van der Waals surface area contributed by atoms with Gasteiger partial charge in [-0.1, -0.05) is 41.0 Å². The van der Waals surface area contributed by atoms with Crippen molar-refractivity contribution in [2.24, 2.45) is 0 Å². The molecule has 1 heterocycles. The van der Waals surface area contributed by atoms with Crippen LogP contribution in [0.15, 0.2) is 53.1 Å². The standard InChI is InChI=1S/C18H14ClFN4O3/c19-12-5-3-4-11(10-12)15-23-18(27-24-15)17(26)22-9-8-21-16(25)13-6-1-2-7-14(13)20/h1-7,10H,8-9H2,(H,21,25)(H,22,26). The summed E-state index contributed by atoms with van der Waals surface area (Å²) in [4.78, 5) is 27.9. The zero-order valence-electron chi connectivity index (χ0n) is 13.9. The Kier molecular flexibility index (Phi) is 5.77. The van der Waals surface area contributed by atoms with E-state index in [-0.39, 0.29) is 30.4 Å². The van der Waals surface area contributed by atoms with Gasteiger partial charge in [-0.2, -0.15) is 4.98 Å². The average molecular weight is 389 g/mol. The molecule has 0 aliphatic carbocycles. The molecule has 2 aromatic carbocycles. The molecule has 3 rings (SSSR count). The smallest absolute Gasteiger partial charge is 0.316 e. The van der Waals surface area contributed by atoms with E-state index < -0.39 is 17.6 Å². The van der Waals surface area contributed by atoms with Crippen molar-refractivity contribution >= 4 is 23.4 Å². The van der Waals surface area contributed by atoms with Crippen molar-refractivity contribution in [2.45, 2.75) is 0 Å². The van der Waals surface area contributed by atoms with Gasteiger partial charge in [0.05, 0.1) is 5.56 Å². The van der Waals surface area contributed by atoms with Crippen molar-refractivity contribution in [3.8, 4) is 11.4 Å². The maximum absolute atomic E-state index is 13.5. The van der Waals surface area contributed by atoms with Gasteiger partial charge in [-0.05, 0) is 24.3 Å². The van der Waals surface area contributed by atoms with Crippen molar-refractivity contribution in [2.75, 3.05) is 13.1 Å². The fourth-order valence-electron chi connectivity index (χ4n) is 2.23. The molecule has 0 saturated carbocycles. The molecule has 138 valence electrons. The van der Waals surface area contributed by atoms with E-state index in [0.29, 0.717) is 10.6 Å². The van der Waals surface area contributed by atoms with Crippen LogP contribution in [0.2, 0.25) is 5.02 Å². The molecule has 3 aromatic rings. The van der Waals surface area contributed by atoms with Crippen molar-refractivity contribution < 1.29 is 18.5 Å². The molecule has 0 atom stereocenters. The van der Waals surface area contributed by atoms with E-state index in [1.807, 2.05) is 0 Å². The molecule has 0 fully saturated rings. The molecule has 0 saturated heterocycles. The lowest BCUT2D eigenvalue weighted by Gasteiger charge is -2.06. The highest BCUT2D eigenvalue weighted by Crippen LogP contribution is 2.19. The molecule has 0 aliphatic rings. The van der Waals surface area contributed by atoms with Crippen LogP contribution < -0.4 is 10.6 Å². The number of nitrogens with zero attached hydrogens (tertiary/aromatic N) is 2. The van der Waals surface area contributed by atoms with E-state index in [4.69, 9.17) is 16.1 Å². The number of benzene rings is 2. The summed E-state index contributed by atoms with van der Waals surface area (Å²) in [6.07, 6.45) is 0. The van der Waals surface area contributed by atoms with Gasteiger partial charge in [0.15, 0.2) is 0 Å². The van der Waals surface area contributed by atoms with Gasteiger partial charge >= 0.3 is 11.8 Å². The number of hydrogen-bond donors (Lipinski definition) is 2. The SMILES string of the molecule is O=C(NCCNC(=O)c1ccccc1F)c1nc(-c2cccc(Cl)c2)no1. The number of nitrogens with one attached hydrogen (secondary N) is 2. The Morgan fingerprint density at radius 1 is 1.04 bits per heavy atom. The van der Waals surface area contributed by atoms with Crippen LogP contribution in [0.5, 0.6) is 0 Å². The van der Waals surface area contributed by atoms with Crippen LogP contribution in [-0.4, -0.2) is 35.0 Å². The molecule has 2 N–H and O–H groups in total. The summed E-state index contributed by atoms with van der Waals surface area (Å²) in [6.45, 7) is 0.210. The maximum atomic E-state index is 13.5. The third-order valence-electron chi connectivity index (χ3n) is 3.52. The van der Waals surface area contributed by atoms with Crippen LogP contribution >= 0.6 is 11.6 Å². The van der Waals surface area contributed by atoms with Gasteiger partial charge < -0.3 is 15.2 Å². The van der Waals surface area contributed by atoms with Gasteiger partial charge in [0.1, 0.15) is 5.82 Å². The summed E-state index contributed by atoms with van der Waals surface area (Å²) in [5.74, 6) is -1.75. The molecule has 0 aliphatic heterocycles. The van der Waals surface area contributed by atoms with Crippen LogP contribution in [0.25, 0.3) is 11.4 Å². The largest absolute Gasteiger partial charge is 0.350 e. The lowest BCUT2D eigenvalue weighted by Crippen LogP contribution is -2.35. The summed E-state index contributed by atoms with van der Waals surface area (Å²) < 4.78 is 18.4. The number of carbonyl (C=O) groups is 2. The maximum Gasteiger partial charge on any atom is 0.316 e. The molecule has 0 unspecified atom stereocenters. The number of hydrogen-bond acceptors (Lipinski definition) is 5. The first-order valence-electron chi connectivity index (χ1n) is 7.95. The normalized spacial score (nSPS) is 10.4. The van der Waals surface area contributed by atoms with Gasteiger partial charge in [-0.15, -0.1) is 0 Å². The molecule has 0 radical (unpaired) electrons. The molecule has 9 heteroatoms. The predicted molar refractivity (Wildman–Crippen MR) is 95.8 cm³/mol. The second-order valence-corrected chi connectivity index (χ2v) is 5.86. The summed E-state index contributed by atoms with van der Waals surface area (Å²) >= 11 is 5.90. The average Bonchev–Trinajstić information content (AvgIpc) is 3.15. The Labute approximate surface area is 158 Å². The first kappa shape index (κ1) is 18.5. The number of amides is 2. The highest BCUT2D eigenvalue weighted by Gasteiger charge is 2.16. The third kappa shape index (κ3) is 4.68. The van der Waals surface area contributed by atoms with Gasteiger partial charge in [0, 0.05) is 23.7 Å². The van der Waals surface area contributed by atoms with Crippen molar-refractivity contribution in [3.63, 3.8) is 0 Å². The molecule has 1 aromatic heterocycles. The van der Waals surface area contributed by atoms with Crippen LogP contribution in [0.3, 0.4) is 0 Å². The number of carbonyl (C=O) groups excluding carboxylic acids is 2. The van der Waals surface area contributed by atoms with E-state index in [1.54, 1.807) is 30.3 Å². The highest BCUT2D eigenvalue weighted by atomic mass is 35.5. The Bertz CT molecular complexity index is 977. The molecular formula is C18H14ClFN4O3. The summed E-state index contributed by atoms with van der Waals surface area (Å²) in [5.41, 5.74) is 0.550. The monoisotopic (exact) mass is 388 g/mol. The minimum absolute atomic E-state index is 0.0631. The van der Waals surface area contributed by atoms with Crippen LogP contribution in [-0.2, 0) is 0 Å². The van der Waals surface area contributed by atoms with Gasteiger partial charge in [0.25, 0.3) is 5.91 Å². The first-order valence-corrected chi connectivity index (χ1v) is 8.33. The molecule has 0 bridgehead atoms. The Hall–Kier alpha value is -3.26. The third-order valence-corrected chi connectivity index (χ3v) is 3.75. The Morgan fingerprint density at radius 3 is 2.52 bits per heavy atom. The first-order chi connectivity index (χ1) is 13.0. The van der Waals surface area contributed by atoms with Crippen molar-refractivity contribution in [1.82, 2.24) is 20.8 Å². The molecule has 27 heavy (non-hydrogen) atoms. The summed E-state index contributed by atoms with van der Waals surface area (Å²) in [5, 5.41) is 9.28. The zero-order valence-corrected chi connectivity index (χ0v) is 14.7. The molecular weight excluding hydrogens is 375 g/mol. The van der Waals surface area contributed by atoms with Crippen molar-refractivity contribution in [3.05, 3.63) is 70.8 Å². The quantitative estimate of drug-likeness (QED) is 0.633. The van der Waals surface area contributed by atoms with Crippen molar-refractivity contribution in [1.29, 1.82) is 0 Å². The fraction of sp³-hybridized carbons (Fsp3) is 0.111. The van der Waals surface area contributed by atoms with Crippen LogP contribution in [0.4, 0.5) is 4.39 Å². The van der Waals surface area contributed by atoms with E-state index in [1.165, 1.54) is 18.2 Å². The number of aromatic nitrogens is 2. The molecule has 0 spiro atoms. The van der Waals surface area contributed by atoms with E-state index >= 15 is 0 Å². The summed E-state index contributed by atoms with van der Waals surface area (Å²) in [7, 11) is 0. The lowest BCUT2D eigenvalue weighted by atomic mass is 10.2. The minimum atomic E-state index is -0.613. The number of halogens is 2. The van der Waals surface area contributed by atoms with Crippen LogP contribution in [0, 0.1) is 5.82 Å². The van der Waals surface area contributed by atoms with E-state index in [9.17, 15) is 14.0 Å². The van der Waals surface area contributed by atoms with Gasteiger partial charge in [0.2, 0.25) is 5.82 Å². The topological polar surface area (TPSA) is 97.1 Å². The van der Waals surface area contributed by atoms with Gasteiger partial charge in [-0.25, -0.2) is 4.39 Å². The molecule has 7 nitrogen and oxygen atoms in total. The molecule has 2 amide bonds. The van der Waals surface area contributed by atoms with E-state index in [2.05, 4.69) is 20.8 Å². The fourth-order valence-corrected chi connectivity index (χ4v) is 2.42. The lowest BCUT2D eigenvalue weighted by molar-refractivity contribution is 0.0897. The van der Waals surface area contributed by atoms with Crippen LogP contribution in [0.1, 0.15) is 21.0 Å². The Morgan fingerprint density at radius 2 is 1.78 bits per heavy atom. The highest BCUT2D eigenvalue weighted by molar-refractivity contribution is 6.30. The number of rotatable bonds is 6. The predicted octanol–water partition coefficient (Wildman–Crippen LogP) is 2.69. The minimum Gasteiger partial charge on any atom is -0.350 e. The van der Waals surface area contributed by atoms with E-state index in [0.717, 1.165) is 0 Å². The van der Waals surface area contributed by atoms with Gasteiger partial charge in [-0.3, -0.25) is 9.59 Å². The second-order valence-electron chi connectivity index (χ2n) is 5.43.